The van der Waals surface area contributed by atoms with Crippen LogP contribution in [0.5, 0.6) is 5.75 Å². The van der Waals surface area contributed by atoms with Crippen molar-refractivity contribution in [3.05, 3.63) is 35.0 Å². The summed E-state index contributed by atoms with van der Waals surface area (Å²) < 4.78 is 5.30. The summed E-state index contributed by atoms with van der Waals surface area (Å²) in [7, 11) is 1.57. The standard InChI is InChI=1S/C13H14N2O3/c1-7-4-9(13(16)15-17)6-10-11(18-3)5-8(2)14-12(7)10/h4-6,17H,1-3H3,(H,15,16). The minimum atomic E-state index is -0.553. The lowest BCUT2D eigenvalue weighted by Crippen LogP contribution is -2.18. The van der Waals surface area contributed by atoms with Gasteiger partial charge in [-0.15, -0.1) is 0 Å². The molecule has 0 atom stereocenters. The second-order valence-corrected chi connectivity index (χ2v) is 4.10. The Labute approximate surface area is 104 Å². The van der Waals surface area contributed by atoms with Gasteiger partial charge in [0.25, 0.3) is 5.91 Å². The molecular weight excluding hydrogens is 232 g/mol. The summed E-state index contributed by atoms with van der Waals surface area (Å²) >= 11 is 0. The summed E-state index contributed by atoms with van der Waals surface area (Å²) in [5, 5.41) is 9.43. The van der Waals surface area contributed by atoms with Gasteiger partial charge in [0.05, 0.1) is 12.6 Å². The largest absolute Gasteiger partial charge is 0.496 e. The van der Waals surface area contributed by atoms with Crippen molar-refractivity contribution < 1.29 is 14.7 Å². The van der Waals surface area contributed by atoms with E-state index in [0.717, 1.165) is 22.2 Å². The van der Waals surface area contributed by atoms with E-state index in [9.17, 15) is 4.79 Å². The molecule has 5 nitrogen and oxygen atoms in total. The fraction of sp³-hybridized carbons (Fsp3) is 0.231. The number of fused-ring (bicyclic) bond motifs is 1. The third-order valence-corrected chi connectivity index (χ3v) is 2.78. The van der Waals surface area contributed by atoms with Crippen molar-refractivity contribution >= 4 is 16.8 Å². The molecule has 0 fully saturated rings. The number of ether oxygens (including phenoxy) is 1. The van der Waals surface area contributed by atoms with Crippen LogP contribution >= 0.6 is 0 Å². The lowest BCUT2D eigenvalue weighted by atomic mass is 10.0. The second kappa shape index (κ2) is 4.62. The number of amides is 1. The Morgan fingerprint density at radius 3 is 2.67 bits per heavy atom. The van der Waals surface area contributed by atoms with Crippen LogP contribution in [0.25, 0.3) is 10.9 Å². The predicted molar refractivity (Wildman–Crippen MR) is 67.0 cm³/mol. The predicted octanol–water partition coefficient (Wildman–Crippen LogP) is 1.98. The van der Waals surface area contributed by atoms with Crippen molar-refractivity contribution in [2.24, 2.45) is 0 Å². The minimum Gasteiger partial charge on any atom is -0.496 e. The van der Waals surface area contributed by atoms with E-state index in [1.807, 2.05) is 19.9 Å². The van der Waals surface area contributed by atoms with Crippen LogP contribution in [-0.4, -0.2) is 23.2 Å². The molecule has 5 heteroatoms. The van der Waals surface area contributed by atoms with E-state index in [1.54, 1.807) is 24.7 Å². The molecule has 0 aliphatic carbocycles. The molecule has 2 aromatic rings. The number of nitrogens with one attached hydrogen (secondary N) is 1. The zero-order chi connectivity index (χ0) is 13.3. The Balaban J connectivity index is 2.78. The lowest BCUT2D eigenvalue weighted by Gasteiger charge is -2.10. The Bertz CT molecular complexity index is 623. The zero-order valence-corrected chi connectivity index (χ0v) is 10.4. The highest BCUT2D eigenvalue weighted by atomic mass is 16.5. The van der Waals surface area contributed by atoms with Gasteiger partial charge in [0.2, 0.25) is 0 Å². The number of methoxy groups -OCH3 is 1. The van der Waals surface area contributed by atoms with Crippen molar-refractivity contribution in [3.63, 3.8) is 0 Å². The van der Waals surface area contributed by atoms with Crippen molar-refractivity contribution in [3.8, 4) is 5.75 Å². The van der Waals surface area contributed by atoms with Gasteiger partial charge in [-0.05, 0) is 31.5 Å². The van der Waals surface area contributed by atoms with E-state index >= 15 is 0 Å². The monoisotopic (exact) mass is 246 g/mol. The number of nitrogens with zero attached hydrogens (tertiary/aromatic N) is 1. The first-order valence-corrected chi connectivity index (χ1v) is 5.47. The summed E-state index contributed by atoms with van der Waals surface area (Å²) in [4.78, 5) is 15.9. The van der Waals surface area contributed by atoms with Crippen LogP contribution in [-0.2, 0) is 0 Å². The van der Waals surface area contributed by atoms with Gasteiger partial charge in [0.1, 0.15) is 5.75 Å². The SMILES string of the molecule is COc1cc(C)nc2c(C)cc(C(=O)NO)cc12. The highest BCUT2D eigenvalue weighted by molar-refractivity contribution is 5.99. The number of carbonyl (C=O) groups is 1. The highest BCUT2D eigenvalue weighted by Crippen LogP contribution is 2.28. The van der Waals surface area contributed by atoms with Crippen molar-refractivity contribution in [2.45, 2.75) is 13.8 Å². The quantitative estimate of drug-likeness (QED) is 0.628. The molecule has 1 aromatic carbocycles. The zero-order valence-electron chi connectivity index (χ0n) is 10.4. The molecule has 0 aliphatic rings. The van der Waals surface area contributed by atoms with Gasteiger partial charge >= 0.3 is 0 Å². The van der Waals surface area contributed by atoms with E-state index in [0.29, 0.717) is 11.3 Å². The molecule has 0 aliphatic heterocycles. The number of rotatable bonds is 2. The normalized spacial score (nSPS) is 10.4. The maximum Gasteiger partial charge on any atom is 0.274 e. The van der Waals surface area contributed by atoms with Gasteiger partial charge in [-0.2, -0.15) is 0 Å². The summed E-state index contributed by atoms with van der Waals surface area (Å²) in [5.74, 6) is 0.107. The molecule has 0 bridgehead atoms. The van der Waals surface area contributed by atoms with Gasteiger partial charge in [-0.3, -0.25) is 15.0 Å². The molecule has 0 radical (unpaired) electrons. The fourth-order valence-corrected chi connectivity index (χ4v) is 1.96. The fourth-order valence-electron chi connectivity index (χ4n) is 1.96. The molecule has 2 N–H and O–H groups in total. The van der Waals surface area contributed by atoms with Crippen LogP contribution in [0.2, 0.25) is 0 Å². The molecule has 0 saturated heterocycles. The molecule has 1 aromatic heterocycles. The molecule has 0 spiro atoms. The summed E-state index contributed by atoms with van der Waals surface area (Å²) in [6.45, 7) is 3.75. The number of pyridine rings is 1. The number of benzene rings is 1. The van der Waals surface area contributed by atoms with E-state index in [2.05, 4.69) is 4.98 Å². The Hall–Kier alpha value is -2.14. The van der Waals surface area contributed by atoms with Gasteiger partial charge in [0, 0.05) is 22.7 Å². The van der Waals surface area contributed by atoms with E-state index in [1.165, 1.54) is 0 Å². The first-order chi connectivity index (χ1) is 8.56. The van der Waals surface area contributed by atoms with Crippen molar-refractivity contribution in [1.29, 1.82) is 0 Å². The number of aryl methyl sites for hydroxylation is 2. The first-order valence-electron chi connectivity index (χ1n) is 5.47. The molecule has 18 heavy (non-hydrogen) atoms. The van der Waals surface area contributed by atoms with Crippen LogP contribution < -0.4 is 10.2 Å². The van der Waals surface area contributed by atoms with Gasteiger partial charge in [-0.25, -0.2) is 5.48 Å². The smallest absolute Gasteiger partial charge is 0.274 e. The number of hydrogen-bond acceptors (Lipinski definition) is 4. The molecule has 0 saturated carbocycles. The van der Waals surface area contributed by atoms with E-state index in [-0.39, 0.29) is 0 Å². The maximum atomic E-state index is 11.5. The van der Waals surface area contributed by atoms with Crippen molar-refractivity contribution in [2.75, 3.05) is 7.11 Å². The van der Waals surface area contributed by atoms with Crippen LogP contribution in [0.3, 0.4) is 0 Å². The number of carbonyl (C=O) groups excluding carboxylic acids is 1. The van der Waals surface area contributed by atoms with Gasteiger partial charge in [-0.1, -0.05) is 0 Å². The Morgan fingerprint density at radius 2 is 2.06 bits per heavy atom. The molecule has 0 unspecified atom stereocenters. The van der Waals surface area contributed by atoms with Gasteiger partial charge < -0.3 is 4.74 Å². The number of hydrogen-bond donors (Lipinski definition) is 2. The Kier molecular flexibility index (Phi) is 3.16. The van der Waals surface area contributed by atoms with Crippen LogP contribution in [0.1, 0.15) is 21.6 Å². The van der Waals surface area contributed by atoms with Crippen LogP contribution in [0, 0.1) is 13.8 Å². The van der Waals surface area contributed by atoms with Crippen molar-refractivity contribution in [1.82, 2.24) is 10.5 Å². The van der Waals surface area contributed by atoms with Crippen LogP contribution in [0.4, 0.5) is 0 Å². The second-order valence-electron chi connectivity index (χ2n) is 4.10. The third-order valence-electron chi connectivity index (χ3n) is 2.78. The minimum absolute atomic E-state index is 0.367. The van der Waals surface area contributed by atoms with Gasteiger partial charge in [0.15, 0.2) is 0 Å². The first kappa shape index (κ1) is 12.3. The molecule has 94 valence electrons. The number of aromatic nitrogens is 1. The average Bonchev–Trinajstić information content (AvgIpc) is 2.37. The molecule has 2 rings (SSSR count). The van der Waals surface area contributed by atoms with E-state index < -0.39 is 5.91 Å². The van der Waals surface area contributed by atoms with Crippen LogP contribution in [0.15, 0.2) is 18.2 Å². The Morgan fingerprint density at radius 1 is 1.33 bits per heavy atom. The molecule has 1 heterocycles. The average molecular weight is 246 g/mol. The third kappa shape index (κ3) is 2.00. The summed E-state index contributed by atoms with van der Waals surface area (Å²) in [6.07, 6.45) is 0. The summed E-state index contributed by atoms with van der Waals surface area (Å²) in [5.41, 5.74) is 4.49. The lowest BCUT2D eigenvalue weighted by molar-refractivity contribution is 0.0706. The topological polar surface area (TPSA) is 71.5 Å². The highest BCUT2D eigenvalue weighted by Gasteiger charge is 2.12. The summed E-state index contributed by atoms with van der Waals surface area (Å²) in [6, 6.07) is 5.14. The molecular formula is C13H14N2O3. The van der Waals surface area contributed by atoms with E-state index in [4.69, 9.17) is 9.94 Å². The number of hydroxylamine groups is 1. The maximum absolute atomic E-state index is 11.5. The molecule has 1 amide bonds.